The fourth-order valence-corrected chi connectivity index (χ4v) is 2.43. The first kappa shape index (κ1) is 14.8. The number of carboxylic acid groups (broad SMARTS) is 1. The SMILES string of the molecule is O=C(O)CCC(=O)Nc1cccc(-c2cc3ccccn3c2)c1. The minimum Gasteiger partial charge on any atom is -0.481 e. The van der Waals surface area contributed by atoms with E-state index in [1.54, 1.807) is 6.07 Å². The van der Waals surface area contributed by atoms with Crippen LogP contribution in [0, 0.1) is 0 Å². The van der Waals surface area contributed by atoms with Crippen molar-refractivity contribution in [2.75, 3.05) is 5.32 Å². The fraction of sp³-hybridized carbons (Fsp3) is 0.111. The van der Waals surface area contributed by atoms with Crippen molar-refractivity contribution in [2.24, 2.45) is 0 Å². The summed E-state index contributed by atoms with van der Waals surface area (Å²) in [4.78, 5) is 22.2. The second-order valence-corrected chi connectivity index (χ2v) is 5.28. The molecular formula is C18H16N2O3. The molecule has 0 saturated heterocycles. The molecule has 0 aliphatic heterocycles. The van der Waals surface area contributed by atoms with Crippen LogP contribution < -0.4 is 5.32 Å². The number of amides is 1. The summed E-state index contributed by atoms with van der Waals surface area (Å²) in [5, 5.41) is 11.3. The van der Waals surface area contributed by atoms with Gasteiger partial charge in [0.25, 0.3) is 0 Å². The first-order chi connectivity index (χ1) is 11.1. The lowest BCUT2D eigenvalue weighted by molar-refractivity contribution is -0.138. The largest absolute Gasteiger partial charge is 0.481 e. The molecule has 1 amide bonds. The number of nitrogens with one attached hydrogen (secondary N) is 1. The van der Waals surface area contributed by atoms with E-state index in [-0.39, 0.29) is 18.7 Å². The summed E-state index contributed by atoms with van der Waals surface area (Å²) in [5.41, 5.74) is 3.80. The van der Waals surface area contributed by atoms with Gasteiger partial charge in [-0.1, -0.05) is 18.2 Å². The summed E-state index contributed by atoms with van der Waals surface area (Å²) >= 11 is 0. The Morgan fingerprint density at radius 3 is 2.65 bits per heavy atom. The molecule has 0 radical (unpaired) electrons. The number of nitrogens with zero attached hydrogens (tertiary/aromatic N) is 1. The Labute approximate surface area is 133 Å². The number of pyridine rings is 1. The Morgan fingerprint density at radius 1 is 1.00 bits per heavy atom. The van der Waals surface area contributed by atoms with E-state index >= 15 is 0 Å². The van der Waals surface area contributed by atoms with Crippen molar-refractivity contribution in [3.63, 3.8) is 0 Å². The molecule has 3 aromatic rings. The molecular weight excluding hydrogens is 292 g/mol. The van der Waals surface area contributed by atoms with Gasteiger partial charge in [0.1, 0.15) is 0 Å². The molecule has 23 heavy (non-hydrogen) atoms. The molecule has 0 aliphatic rings. The first-order valence-corrected chi connectivity index (χ1v) is 7.31. The number of carboxylic acids is 1. The van der Waals surface area contributed by atoms with Gasteiger partial charge in [-0.2, -0.15) is 0 Å². The molecule has 5 heteroatoms. The molecule has 0 atom stereocenters. The molecule has 2 aromatic heterocycles. The number of aliphatic carboxylic acids is 1. The van der Waals surface area contributed by atoms with E-state index in [0.29, 0.717) is 5.69 Å². The van der Waals surface area contributed by atoms with E-state index in [2.05, 4.69) is 11.4 Å². The zero-order valence-corrected chi connectivity index (χ0v) is 12.4. The van der Waals surface area contributed by atoms with Crippen LogP contribution in [-0.4, -0.2) is 21.4 Å². The molecule has 0 fully saturated rings. The summed E-state index contributed by atoms with van der Waals surface area (Å²) in [6.07, 6.45) is 3.81. The van der Waals surface area contributed by atoms with Crippen molar-refractivity contribution >= 4 is 23.1 Å². The van der Waals surface area contributed by atoms with Gasteiger partial charge in [0.05, 0.1) is 6.42 Å². The Hall–Kier alpha value is -3.08. The average molecular weight is 308 g/mol. The lowest BCUT2D eigenvalue weighted by atomic mass is 10.1. The summed E-state index contributed by atoms with van der Waals surface area (Å²) in [6.45, 7) is 0. The van der Waals surface area contributed by atoms with Gasteiger partial charge in [-0.05, 0) is 35.9 Å². The third kappa shape index (κ3) is 3.58. The molecule has 0 unspecified atom stereocenters. The quantitative estimate of drug-likeness (QED) is 0.759. The number of fused-ring (bicyclic) bond motifs is 1. The van der Waals surface area contributed by atoms with Gasteiger partial charge in [0.15, 0.2) is 0 Å². The maximum Gasteiger partial charge on any atom is 0.303 e. The molecule has 116 valence electrons. The van der Waals surface area contributed by atoms with Gasteiger partial charge in [-0.15, -0.1) is 0 Å². The second kappa shape index (κ2) is 6.36. The molecule has 2 N–H and O–H groups in total. The number of hydrogen-bond donors (Lipinski definition) is 2. The lowest BCUT2D eigenvalue weighted by Crippen LogP contribution is -2.13. The topological polar surface area (TPSA) is 70.8 Å². The maximum atomic E-state index is 11.7. The first-order valence-electron chi connectivity index (χ1n) is 7.31. The van der Waals surface area contributed by atoms with Gasteiger partial charge in [0, 0.05) is 35.6 Å². The van der Waals surface area contributed by atoms with Crippen LogP contribution in [0.4, 0.5) is 5.69 Å². The third-order valence-electron chi connectivity index (χ3n) is 3.55. The van der Waals surface area contributed by atoms with Crippen LogP contribution in [0.1, 0.15) is 12.8 Å². The molecule has 0 aliphatic carbocycles. The zero-order valence-electron chi connectivity index (χ0n) is 12.4. The minimum absolute atomic E-state index is 0.0321. The predicted octanol–water partition coefficient (Wildman–Crippen LogP) is 3.41. The molecule has 0 spiro atoms. The number of rotatable bonds is 5. The van der Waals surface area contributed by atoms with Crippen molar-refractivity contribution < 1.29 is 14.7 Å². The molecule has 5 nitrogen and oxygen atoms in total. The van der Waals surface area contributed by atoms with E-state index < -0.39 is 5.97 Å². The number of hydrogen-bond acceptors (Lipinski definition) is 2. The lowest BCUT2D eigenvalue weighted by Gasteiger charge is -2.06. The van der Waals surface area contributed by atoms with Crippen LogP contribution in [0.3, 0.4) is 0 Å². The highest BCUT2D eigenvalue weighted by Crippen LogP contribution is 2.25. The van der Waals surface area contributed by atoms with Crippen LogP contribution >= 0.6 is 0 Å². The van der Waals surface area contributed by atoms with E-state index in [4.69, 9.17) is 5.11 Å². The Kier molecular flexibility index (Phi) is 4.10. The van der Waals surface area contributed by atoms with E-state index in [0.717, 1.165) is 16.6 Å². The number of aromatic nitrogens is 1. The van der Waals surface area contributed by atoms with Crippen molar-refractivity contribution in [3.05, 3.63) is 60.9 Å². The highest BCUT2D eigenvalue weighted by Gasteiger charge is 2.07. The van der Waals surface area contributed by atoms with Crippen LogP contribution in [0.5, 0.6) is 0 Å². The van der Waals surface area contributed by atoms with Gasteiger partial charge >= 0.3 is 5.97 Å². The van der Waals surface area contributed by atoms with Gasteiger partial charge in [-0.3, -0.25) is 9.59 Å². The summed E-state index contributed by atoms with van der Waals surface area (Å²) in [6, 6.07) is 15.6. The smallest absolute Gasteiger partial charge is 0.303 e. The monoisotopic (exact) mass is 308 g/mol. The second-order valence-electron chi connectivity index (χ2n) is 5.28. The maximum absolute atomic E-state index is 11.7. The van der Waals surface area contributed by atoms with E-state index in [1.165, 1.54) is 0 Å². The van der Waals surface area contributed by atoms with Crippen LogP contribution in [0.15, 0.2) is 60.9 Å². The normalized spacial score (nSPS) is 10.6. The van der Waals surface area contributed by atoms with Crippen LogP contribution in [0.25, 0.3) is 16.6 Å². The Balaban J connectivity index is 1.79. The Bertz CT molecular complexity index is 834. The number of anilines is 1. The summed E-state index contributed by atoms with van der Waals surface area (Å²) < 4.78 is 2.04. The van der Waals surface area contributed by atoms with Gasteiger partial charge in [-0.25, -0.2) is 0 Å². The molecule has 0 bridgehead atoms. The summed E-state index contributed by atoms with van der Waals surface area (Å²) in [5.74, 6) is -1.28. The van der Waals surface area contributed by atoms with E-state index in [1.807, 2.05) is 53.2 Å². The fourth-order valence-electron chi connectivity index (χ4n) is 2.43. The molecule has 1 aromatic carbocycles. The third-order valence-corrected chi connectivity index (χ3v) is 3.55. The minimum atomic E-state index is -0.977. The Morgan fingerprint density at radius 2 is 1.87 bits per heavy atom. The highest BCUT2D eigenvalue weighted by molar-refractivity contribution is 5.93. The van der Waals surface area contributed by atoms with Crippen molar-refractivity contribution in [2.45, 2.75) is 12.8 Å². The summed E-state index contributed by atoms with van der Waals surface area (Å²) in [7, 11) is 0. The molecule has 3 rings (SSSR count). The van der Waals surface area contributed by atoms with Crippen LogP contribution in [-0.2, 0) is 9.59 Å². The van der Waals surface area contributed by atoms with Gasteiger partial charge in [0.2, 0.25) is 5.91 Å². The van der Waals surface area contributed by atoms with Crippen molar-refractivity contribution in [1.82, 2.24) is 4.40 Å². The average Bonchev–Trinajstić information content (AvgIpc) is 2.97. The molecule has 2 heterocycles. The zero-order chi connectivity index (χ0) is 16.2. The van der Waals surface area contributed by atoms with Crippen molar-refractivity contribution in [1.29, 1.82) is 0 Å². The van der Waals surface area contributed by atoms with E-state index in [9.17, 15) is 9.59 Å². The van der Waals surface area contributed by atoms with Crippen molar-refractivity contribution in [3.8, 4) is 11.1 Å². The number of benzene rings is 1. The standard InChI is InChI=1S/C18H16N2O3/c21-17(7-8-18(22)23)19-15-5-3-4-13(10-15)14-11-16-6-1-2-9-20(16)12-14/h1-6,9-12H,7-8H2,(H,19,21)(H,22,23). The van der Waals surface area contributed by atoms with Crippen LogP contribution in [0.2, 0.25) is 0 Å². The molecule has 0 saturated carbocycles. The highest BCUT2D eigenvalue weighted by atomic mass is 16.4. The number of carbonyl (C=O) groups excluding carboxylic acids is 1. The number of carbonyl (C=O) groups is 2. The predicted molar refractivity (Wildman–Crippen MR) is 88.3 cm³/mol. The van der Waals surface area contributed by atoms with Gasteiger partial charge < -0.3 is 14.8 Å².